The van der Waals surface area contributed by atoms with E-state index in [9.17, 15) is 18.8 Å². The number of aromatic nitrogens is 1. The fourth-order valence-electron chi connectivity index (χ4n) is 4.75. The second-order valence-corrected chi connectivity index (χ2v) is 10.2. The molecule has 37 heavy (non-hydrogen) atoms. The predicted octanol–water partition coefficient (Wildman–Crippen LogP) is 0.981. The number of nitrogens with zero attached hydrogens (tertiary/aromatic N) is 4. The van der Waals surface area contributed by atoms with E-state index < -0.39 is 11.7 Å². The average molecular weight is 548 g/mol. The van der Waals surface area contributed by atoms with Gasteiger partial charge in [-0.1, -0.05) is 23.7 Å². The molecule has 7 nitrogen and oxygen atoms in total. The summed E-state index contributed by atoms with van der Waals surface area (Å²) in [6.45, 7) is 5.85. The standard InChI is InChI=1S/C27H30ClFN4O3.ClH/c1-16-13-33(17(2)12-32(16)14-18-6-8-19(29)9-7-18)26(35)21-10-20-22(25(34)27(36)30(3)4)15-31(5)24(20)11-23(21)28;/h6-11,15-17H,12-14H2,1-5H3;1H/p-1/t16-,17+;/m0./s1. The highest BCUT2D eigenvalue weighted by Crippen LogP contribution is 2.30. The Labute approximate surface area is 227 Å². The number of hydrogen-bond donors (Lipinski definition) is 0. The maximum atomic E-state index is 13.7. The highest BCUT2D eigenvalue weighted by molar-refractivity contribution is 6.45. The van der Waals surface area contributed by atoms with E-state index in [1.807, 2.05) is 6.92 Å². The summed E-state index contributed by atoms with van der Waals surface area (Å²) in [6.07, 6.45) is 1.60. The molecule has 198 valence electrons. The Kier molecular flexibility index (Phi) is 8.67. The fourth-order valence-corrected chi connectivity index (χ4v) is 4.99. The molecular weight excluding hydrogens is 518 g/mol. The Morgan fingerprint density at radius 1 is 1.03 bits per heavy atom. The van der Waals surface area contributed by atoms with Crippen molar-refractivity contribution < 1.29 is 31.2 Å². The maximum Gasteiger partial charge on any atom is 0.294 e. The Balaban J connectivity index is 0.00000380. The van der Waals surface area contributed by atoms with Crippen molar-refractivity contribution in [1.29, 1.82) is 0 Å². The number of rotatable bonds is 5. The molecule has 10 heteroatoms. The third kappa shape index (κ3) is 5.66. The summed E-state index contributed by atoms with van der Waals surface area (Å²) in [5.41, 5.74) is 2.21. The number of piperazine rings is 1. The summed E-state index contributed by atoms with van der Waals surface area (Å²) < 4.78 is 15.0. The summed E-state index contributed by atoms with van der Waals surface area (Å²) >= 11 is 6.56. The van der Waals surface area contributed by atoms with Crippen LogP contribution >= 0.6 is 11.6 Å². The van der Waals surface area contributed by atoms with Crippen LogP contribution in [0.2, 0.25) is 5.02 Å². The van der Waals surface area contributed by atoms with Crippen LogP contribution in [0, 0.1) is 5.82 Å². The van der Waals surface area contributed by atoms with Gasteiger partial charge in [-0.3, -0.25) is 19.3 Å². The van der Waals surface area contributed by atoms with Crippen LogP contribution in [0.4, 0.5) is 4.39 Å². The quantitative estimate of drug-likeness (QED) is 0.353. The van der Waals surface area contributed by atoms with Gasteiger partial charge in [0.05, 0.1) is 21.7 Å². The number of amides is 2. The highest BCUT2D eigenvalue weighted by Gasteiger charge is 2.34. The summed E-state index contributed by atoms with van der Waals surface area (Å²) in [7, 11) is 4.81. The van der Waals surface area contributed by atoms with Crippen LogP contribution in [0.15, 0.2) is 42.6 Å². The first kappa shape index (κ1) is 28.6. The molecule has 0 N–H and O–H groups in total. The van der Waals surface area contributed by atoms with Crippen LogP contribution < -0.4 is 12.4 Å². The van der Waals surface area contributed by atoms with Gasteiger partial charge in [-0.05, 0) is 43.7 Å². The third-order valence-corrected chi connectivity index (χ3v) is 7.14. The van der Waals surface area contributed by atoms with Crippen molar-refractivity contribution >= 4 is 40.1 Å². The zero-order chi connectivity index (χ0) is 26.3. The first-order chi connectivity index (χ1) is 17.0. The Morgan fingerprint density at radius 3 is 2.30 bits per heavy atom. The second kappa shape index (κ2) is 11.2. The topological polar surface area (TPSA) is 65.9 Å². The Bertz CT molecular complexity index is 1340. The lowest BCUT2D eigenvalue weighted by Crippen LogP contribution is -3.00. The largest absolute Gasteiger partial charge is 1.00 e. The number of fused-ring (bicyclic) bond motifs is 1. The molecule has 0 saturated carbocycles. The van der Waals surface area contributed by atoms with E-state index in [0.717, 1.165) is 5.56 Å². The van der Waals surface area contributed by atoms with E-state index in [0.29, 0.717) is 41.1 Å². The molecule has 2 aromatic carbocycles. The number of Topliss-reactive ketones (excluding diaryl/α,β-unsaturated/α-hetero) is 1. The van der Waals surface area contributed by atoms with Gasteiger partial charge in [-0.15, -0.1) is 0 Å². The monoisotopic (exact) mass is 547 g/mol. The molecule has 2 amide bonds. The lowest BCUT2D eigenvalue weighted by Gasteiger charge is -2.44. The van der Waals surface area contributed by atoms with E-state index in [1.54, 1.807) is 47.0 Å². The van der Waals surface area contributed by atoms with Crippen LogP contribution in [-0.2, 0) is 18.4 Å². The number of aryl methyl sites for hydroxylation is 1. The van der Waals surface area contributed by atoms with Gasteiger partial charge in [-0.25, -0.2) is 4.39 Å². The fraction of sp³-hybridized carbons (Fsp3) is 0.370. The molecule has 1 aromatic heterocycles. The minimum absolute atomic E-state index is 0. The first-order valence-electron chi connectivity index (χ1n) is 11.8. The molecule has 0 radical (unpaired) electrons. The number of carbonyl (C=O) groups is 3. The minimum atomic E-state index is -0.636. The van der Waals surface area contributed by atoms with E-state index >= 15 is 0 Å². The summed E-state index contributed by atoms with van der Waals surface area (Å²) in [4.78, 5) is 44.1. The number of hydrogen-bond acceptors (Lipinski definition) is 4. The van der Waals surface area contributed by atoms with Gasteiger partial charge in [-0.2, -0.15) is 0 Å². The molecule has 0 unspecified atom stereocenters. The van der Waals surface area contributed by atoms with Crippen LogP contribution in [-0.4, -0.2) is 76.1 Å². The molecule has 0 bridgehead atoms. The predicted molar refractivity (Wildman–Crippen MR) is 138 cm³/mol. The van der Waals surface area contributed by atoms with Crippen LogP contribution in [0.3, 0.4) is 0 Å². The van der Waals surface area contributed by atoms with Crippen molar-refractivity contribution in [1.82, 2.24) is 19.3 Å². The SMILES string of the molecule is C[C@@H]1CN(Cc2ccc(F)cc2)[C@@H](C)CN1C(=O)c1cc2c(C(=O)C(=O)N(C)C)cn(C)c2cc1Cl.[Cl-]. The molecule has 0 aliphatic carbocycles. The molecule has 3 aromatic rings. The zero-order valence-electron chi connectivity index (χ0n) is 21.5. The number of halogens is 3. The van der Waals surface area contributed by atoms with Gasteiger partial charge < -0.3 is 26.8 Å². The first-order valence-corrected chi connectivity index (χ1v) is 12.2. The molecule has 1 aliphatic rings. The molecule has 1 saturated heterocycles. The Hall–Kier alpha value is -2.94. The summed E-state index contributed by atoms with van der Waals surface area (Å²) in [6, 6.07) is 9.74. The van der Waals surface area contributed by atoms with E-state index in [1.165, 1.54) is 31.1 Å². The summed E-state index contributed by atoms with van der Waals surface area (Å²) in [5, 5.41) is 0.807. The normalized spacial score (nSPS) is 18.0. The maximum absolute atomic E-state index is 13.7. The second-order valence-electron chi connectivity index (χ2n) is 9.74. The lowest BCUT2D eigenvalue weighted by molar-refractivity contribution is -0.124. The van der Waals surface area contributed by atoms with Crippen molar-refractivity contribution in [2.75, 3.05) is 27.2 Å². The molecule has 4 rings (SSSR count). The van der Waals surface area contributed by atoms with Gasteiger partial charge in [0.15, 0.2) is 0 Å². The average Bonchev–Trinajstić information content (AvgIpc) is 3.15. The van der Waals surface area contributed by atoms with Crippen LogP contribution in [0.1, 0.15) is 40.1 Å². The number of likely N-dealkylation sites (N-methyl/N-ethyl adjacent to an activating group) is 1. The van der Waals surface area contributed by atoms with E-state index in [-0.39, 0.29) is 41.8 Å². The van der Waals surface area contributed by atoms with Crippen molar-refractivity contribution in [3.05, 3.63) is 70.1 Å². The van der Waals surface area contributed by atoms with Crippen molar-refractivity contribution in [2.24, 2.45) is 7.05 Å². The van der Waals surface area contributed by atoms with Crippen molar-refractivity contribution in [3.8, 4) is 0 Å². The molecule has 2 heterocycles. The van der Waals surface area contributed by atoms with Crippen molar-refractivity contribution in [2.45, 2.75) is 32.5 Å². The lowest BCUT2D eigenvalue weighted by atomic mass is 10.0. The third-order valence-electron chi connectivity index (χ3n) is 6.83. The molecule has 2 atom stereocenters. The zero-order valence-corrected chi connectivity index (χ0v) is 23.0. The number of ketones is 1. The molecule has 1 aliphatic heterocycles. The molecule has 1 fully saturated rings. The van der Waals surface area contributed by atoms with Gasteiger partial charge in [0.25, 0.3) is 17.6 Å². The number of carbonyl (C=O) groups excluding carboxylic acids is 3. The minimum Gasteiger partial charge on any atom is -1.00 e. The molecular formula is C27H30Cl2FN4O3-. The van der Waals surface area contributed by atoms with Crippen LogP contribution in [0.5, 0.6) is 0 Å². The number of benzene rings is 2. The van der Waals surface area contributed by atoms with E-state index in [4.69, 9.17) is 11.6 Å². The summed E-state index contributed by atoms with van der Waals surface area (Å²) in [5.74, 6) is -1.75. The van der Waals surface area contributed by atoms with Gasteiger partial charge in [0.2, 0.25) is 0 Å². The van der Waals surface area contributed by atoms with Gasteiger partial charge >= 0.3 is 0 Å². The molecule has 0 spiro atoms. The smallest absolute Gasteiger partial charge is 0.294 e. The van der Waals surface area contributed by atoms with E-state index in [2.05, 4.69) is 11.8 Å². The Morgan fingerprint density at radius 2 is 1.68 bits per heavy atom. The van der Waals surface area contributed by atoms with Gasteiger partial charge in [0.1, 0.15) is 5.82 Å². The van der Waals surface area contributed by atoms with Crippen molar-refractivity contribution in [3.63, 3.8) is 0 Å². The van der Waals surface area contributed by atoms with Crippen LogP contribution in [0.25, 0.3) is 10.9 Å². The highest BCUT2D eigenvalue weighted by atomic mass is 35.5. The van der Waals surface area contributed by atoms with Gasteiger partial charge in [0, 0.05) is 64.4 Å².